The summed E-state index contributed by atoms with van der Waals surface area (Å²) in [4.78, 5) is 12.5. The lowest BCUT2D eigenvalue weighted by molar-refractivity contribution is 0.101. The van der Waals surface area contributed by atoms with Gasteiger partial charge in [-0.05, 0) is 36.8 Å². The van der Waals surface area contributed by atoms with Crippen LogP contribution in [-0.2, 0) is 13.5 Å². The first-order valence-corrected chi connectivity index (χ1v) is 6.66. The average Bonchev–Trinajstić information content (AvgIpc) is 2.80. The molecule has 0 bridgehead atoms. The Hall–Kier alpha value is -2.21. The van der Waals surface area contributed by atoms with Gasteiger partial charge in [0.15, 0.2) is 0 Å². The number of nitrogens with one attached hydrogen (secondary N) is 1. The minimum absolute atomic E-state index is 0.192. The van der Waals surface area contributed by atoms with Crippen LogP contribution in [0.5, 0.6) is 0 Å². The quantitative estimate of drug-likeness (QED) is 0.842. The molecule has 0 unspecified atom stereocenters. The van der Waals surface area contributed by atoms with Crippen LogP contribution in [0.3, 0.4) is 0 Å². The maximum Gasteiger partial charge on any atom is 0.273 e. The number of benzene rings is 1. The molecule has 0 radical (unpaired) electrons. The summed E-state index contributed by atoms with van der Waals surface area (Å²) in [7, 11) is 1.75. The van der Waals surface area contributed by atoms with Crippen LogP contribution in [0.25, 0.3) is 0 Å². The Labute approximate surface area is 122 Å². The second-order valence-corrected chi connectivity index (χ2v) is 4.83. The molecule has 2 rings (SSSR count). The summed E-state index contributed by atoms with van der Waals surface area (Å²) < 4.78 is 1.58. The van der Waals surface area contributed by atoms with Crippen molar-refractivity contribution in [3.05, 3.63) is 47.3 Å². The van der Waals surface area contributed by atoms with Crippen molar-refractivity contribution in [3.63, 3.8) is 0 Å². The first-order valence-electron chi connectivity index (χ1n) is 6.25. The average molecular weight is 288 g/mol. The third-order valence-corrected chi connectivity index (χ3v) is 3.19. The van der Waals surface area contributed by atoms with Crippen molar-refractivity contribution in [2.75, 3.05) is 5.32 Å². The number of nitrogens with two attached hydrogens (primary N) is 1. The number of nitrogens with zero attached hydrogens (tertiary/aromatic N) is 2. The normalized spacial score (nSPS) is 10.3. The Kier molecular flexibility index (Phi) is 4.14. The van der Waals surface area contributed by atoms with Gasteiger partial charge < -0.3 is 11.1 Å². The fourth-order valence-corrected chi connectivity index (χ4v) is 1.96. The van der Waals surface area contributed by atoms with E-state index in [9.17, 15) is 4.79 Å². The topological polar surface area (TPSA) is 72.9 Å². The maximum atomic E-state index is 12.2. The Morgan fingerprint density at radius 1 is 1.40 bits per heavy atom. The highest BCUT2D eigenvalue weighted by Crippen LogP contribution is 2.12. The number of carbonyl (C=O) groups is 1. The van der Waals surface area contributed by atoms with Crippen molar-refractivity contribution in [2.24, 2.45) is 12.8 Å². The van der Waals surface area contributed by atoms with E-state index in [0.29, 0.717) is 16.4 Å². The number of carbonyl (C=O) groups excluding carboxylic acids is 1. The number of thiocarbonyl (C=S) groups is 1. The van der Waals surface area contributed by atoms with E-state index in [1.54, 1.807) is 42.1 Å². The predicted octanol–water partition coefficient (Wildman–Crippen LogP) is 1.87. The van der Waals surface area contributed by atoms with Crippen LogP contribution in [0.4, 0.5) is 5.69 Å². The van der Waals surface area contributed by atoms with E-state index in [0.717, 1.165) is 17.7 Å². The Morgan fingerprint density at radius 3 is 2.55 bits per heavy atom. The van der Waals surface area contributed by atoms with Gasteiger partial charge in [0.25, 0.3) is 5.91 Å². The lowest BCUT2D eigenvalue weighted by atomic mass is 10.2. The minimum Gasteiger partial charge on any atom is -0.389 e. The molecular formula is C14H16N4OS. The van der Waals surface area contributed by atoms with Crippen molar-refractivity contribution in [3.8, 4) is 0 Å². The zero-order valence-corrected chi connectivity index (χ0v) is 12.2. The molecule has 0 saturated carbocycles. The molecule has 0 atom stereocenters. The Balaban J connectivity index is 2.14. The number of hydrogen-bond acceptors (Lipinski definition) is 3. The van der Waals surface area contributed by atoms with Gasteiger partial charge in [-0.1, -0.05) is 19.1 Å². The Bertz CT molecular complexity index is 646. The molecule has 1 amide bonds. The van der Waals surface area contributed by atoms with Crippen molar-refractivity contribution >= 4 is 28.8 Å². The summed E-state index contributed by atoms with van der Waals surface area (Å²) in [5.74, 6) is -0.192. The standard InChI is InChI=1S/C14H16N4OS/c1-3-10-8-12(18(2)17-10)14(19)16-11-6-4-9(5-7-11)13(15)20/h4-8H,3H2,1-2H3,(H2,15,20)(H,16,19). The Morgan fingerprint density at radius 2 is 2.05 bits per heavy atom. The van der Waals surface area contributed by atoms with E-state index < -0.39 is 0 Å². The summed E-state index contributed by atoms with van der Waals surface area (Å²) >= 11 is 4.88. The lowest BCUT2D eigenvalue weighted by Gasteiger charge is -2.06. The number of anilines is 1. The molecule has 0 fully saturated rings. The SMILES string of the molecule is CCc1cc(C(=O)Nc2ccc(C(N)=S)cc2)n(C)n1. The zero-order valence-electron chi connectivity index (χ0n) is 11.4. The molecule has 0 spiro atoms. The largest absolute Gasteiger partial charge is 0.389 e. The van der Waals surface area contributed by atoms with Gasteiger partial charge in [0.2, 0.25) is 0 Å². The number of aromatic nitrogens is 2. The van der Waals surface area contributed by atoms with E-state index in [4.69, 9.17) is 18.0 Å². The third-order valence-electron chi connectivity index (χ3n) is 2.95. The van der Waals surface area contributed by atoms with E-state index >= 15 is 0 Å². The first kappa shape index (κ1) is 14.2. The van der Waals surface area contributed by atoms with Gasteiger partial charge in [-0.25, -0.2) is 0 Å². The molecular weight excluding hydrogens is 272 g/mol. The summed E-state index contributed by atoms with van der Waals surface area (Å²) in [5.41, 5.74) is 8.40. The lowest BCUT2D eigenvalue weighted by Crippen LogP contribution is -2.16. The van der Waals surface area contributed by atoms with E-state index in [1.165, 1.54) is 0 Å². The smallest absolute Gasteiger partial charge is 0.273 e. The van der Waals surface area contributed by atoms with Gasteiger partial charge in [-0.15, -0.1) is 0 Å². The van der Waals surface area contributed by atoms with Gasteiger partial charge in [0.1, 0.15) is 10.7 Å². The molecule has 0 saturated heterocycles. The highest BCUT2D eigenvalue weighted by Gasteiger charge is 2.12. The van der Waals surface area contributed by atoms with E-state index in [2.05, 4.69) is 10.4 Å². The molecule has 1 aromatic carbocycles. The van der Waals surface area contributed by atoms with Gasteiger partial charge in [-0.3, -0.25) is 9.48 Å². The van der Waals surface area contributed by atoms with Gasteiger partial charge >= 0.3 is 0 Å². The molecule has 0 aliphatic heterocycles. The molecule has 3 N–H and O–H groups in total. The summed E-state index contributed by atoms with van der Waals surface area (Å²) in [6.07, 6.45) is 0.795. The van der Waals surface area contributed by atoms with Crippen LogP contribution in [0.15, 0.2) is 30.3 Å². The second-order valence-electron chi connectivity index (χ2n) is 4.39. The summed E-state index contributed by atoms with van der Waals surface area (Å²) in [6, 6.07) is 8.88. The molecule has 1 aromatic heterocycles. The molecule has 0 aliphatic rings. The third kappa shape index (κ3) is 3.03. The van der Waals surface area contributed by atoms with E-state index in [-0.39, 0.29) is 5.91 Å². The molecule has 104 valence electrons. The highest BCUT2D eigenvalue weighted by atomic mass is 32.1. The monoisotopic (exact) mass is 288 g/mol. The summed E-state index contributed by atoms with van der Waals surface area (Å²) in [6.45, 7) is 2.00. The van der Waals surface area contributed by atoms with Crippen LogP contribution in [0, 0.1) is 0 Å². The second kappa shape index (κ2) is 5.83. The molecule has 0 aliphatic carbocycles. The maximum absolute atomic E-state index is 12.2. The number of rotatable bonds is 4. The van der Waals surface area contributed by atoms with E-state index in [1.807, 2.05) is 6.92 Å². The van der Waals surface area contributed by atoms with Crippen LogP contribution in [0.2, 0.25) is 0 Å². The van der Waals surface area contributed by atoms with Crippen LogP contribution in [0.1, 0.15) is 28.7 Å². The molecule has 2 aromatic rings. The van der Waals surface area contributed by atoms with Gasteiger partial charge in [0, 0.05) is 18.3 Å². The van der Waals surface area contributed by atoms with Crippen LogP contribution in [-0.4, -0.2) is 20.7 Å². The van der Waals surface area contributed by atoms with Crippen molar-refractivity contribution in [1.82, 2.24) is 9.78 Å². The van der Waals surface area contributed by atoms with Gasteiger partial charge in [0.05, 0.1) is 5.69 Å². The minimum atomic E-state index is -0.192. The first-order chi connectivity index (χ1) is 9.51. The van der Waals surface area contributed by atoms with Crippen LogP contribution >= 0.6 is 12.2 Å². The fraction of sp³-hybridized carbons (Fsp3) is 0.214. The predicted molar refractivity (Wildman–Crippen MR) is 82.9 cm³/mol. The molecule has 5 nitrogen and oxygen atoms in total. The highest BCUT2D eigenvalue weighted by molar-refractivity contribution is 7.80. The van der Waals surface area contributed by atoms with Crippen molar-refractivity contribution < 1.29 is 4.79 Å². The molecule has 1 heterocycles. The van der Waals surface area contributed by atoms with Crippen molar-refractivity contribution in [1.29, 1.82) is 0 Å². The molecule has 6 heteroatoms. The molecule has 20 heavy (non-hydrogen) atoms. The van der Waals surface area contributed by atoms with Gasteiger partial charge in [-0.2, -0.15) is 5.10 Å². The summed E-state index contributed by atoms with van der Waals surface area (Å²) in [5, 5.41) is 7.07. The zero-order chi connectivity index (χ0) is 14.7. The number of hydrogen-bond donors (Lipinski definition) is 2. The van der Waals surface area contributed by atoms with Crippen LogP contribution < -0.4 is 11.1 Å². The van der Waals surface area contributed by atoms with Crippen molar-refractivity contribution in [2.45, 2.75) is 13.3 Å². The fourth-order valence-electron chi connectivity index (χ4n) is 1.82. The number of aryl methyl sites for hydroxylation is 2. The number of amides is 1.